The Labute approximate surface area is 188 Å². The molecule has 2 aliphatic heterocycles. The predicted octanol–water partition coefficient (Wildman–Crippen LogP) is 3.01. The molecular formula is C23H31FN6O2. The van der Waals surface area contributed by atoms with Gasteiger partial charge in [-0.2, -0.15) is 5.06 Å². The molecule has 2 aromatic rings. The number of nitrogens with one attached hydrogen (secondary N) is 2. The molecular weight excluding hydrogens is 411 g/mol. The normalized spacial score (nSPS) is 28.4. The molecule has 2 N–H and O–H groups in total. The van der Waals surface area contributed by atoms with E-state index in [2.05, 4.69) is 32.4 Å². The van der Waals surface area contributed by atoms with Crippen LogP contribution in [-0.2, 0) is 9.57 Å². The van der Waals surface area contributed by atoms with Crippen LogP contribution in [0.15, 0.2) is 59.9 Å². The van der Waals surface area contributed by atoms with Gasteiger partial charge >= 0.3 is 0 Å². The highest BCUT2D eigenvalue weighted by molar-refractivity contribution is 5.93. The molecule has 8 nitrogen and oxygen atoms in total. The second-order valence-corrected chi connectivity index (χ2v) is 8.17. The molecule has 0 amide bonds. The fourth-order valence-electron chi connectivity index (χ4n) is 4.41. The molecule has 1 saturated heterocycles. The number of alkyl halides is 1. The standard InChI is InChI=1S/C23H31FN6O2/c1-17-15-19(11-14-29(17)20-9-12-25-13-10-20)27-21-23(24,31-2)16-26-22(30(21)32-3)28-18-7-5-4-6-8-18/h4-10,12-13,17,19,21,27H,11,14-16H2,1-3H3,(H,26,28). The van der Waals surface area contributed by atoms with Crippen molar-refractivity contribution in [3.8, 4) is 0 Å². The van der Waals surface area contributed by atoms with E-state index in [0.29, 0.717) is 5.96 Å². The van der Waals surface area contributed by atoms with Gasteiger partial charge in [-0.25, -0.2) is 9.38 Å². The summed E-state index contributed by atoms with van der Waals surface area (Å²) in [6.07, 6.45) is 4.47. The Morgan fingerprint density at radius 3 is 2.53 bits per heavy atom. The van der Waals surface area contributed by atoms with Gasteiger partial charge in [-0.05, 0) is 44.0 Å². The molecule has 0 saturated carbocycles. The zero-order chi connectivity index (χ0) is 22.6. The molecule has 1 fully saturated rings. The van der Waals surface area contributed by atoms with E-state index in [9.17, 15) is 0 Å². The van der Waals surface area contributed by atoms with Crippen molar-refractivity contribution in [2.45, 2.75) is 43.9 Å². The predicted molar refractivity (Wildman–Crippen MR) is 123 cm³/mol. The van der Waals surface area contributed by atoms with Crippen LogP contribution in [0.1, 0.15) is 19.8 Å². The number of ether oxygens (including phenoxy) is 1. The van der Waals surface area contributed by atoms with Crippen LogP contribution in [-0.4, -0.2) is 67.4 Å². The van der Waals surface area contributed by atoms with E-state index in [0.717, 1.165) is 30.8 Å². The molecule has 9 heteroatoms. The van der Waals surface area contributed by atoms with E-state index < -0.39 is 12.0 Å². The Morgan fingerprint density at radius 1 is 1.12 bits per heavy atom. The van der Waals surface area contributed by atoms with Crippen LogP contribution in [0.5, 0.6) is 0 Å². The van der Waals surface area contributed by atoms with E-state index in [4.69, 9.17) is 9.57 Å². The number of anilines is 2. The van der Waals surface area contributed by atoms with E-state index in [1.807, 2.05) is 54.9 Å². The maximum absolute atomic E-state index is 15.8. The molecule has 172 valence electrons. The fraction of sp³-hybridized carbons (Fsp3) is 0.478. The molecule has 3 heterocycles. The molecule has 1 aromatic heterocycles. The van der Waals surface area contributed by atoms with Crippen molar-refractivity contribution < 1.29 is 14.0 Å². The first-order valence-electron chi connectivity index (χ1n) is 10.9. The zero-order valence-corrected chi connectivity index (χ0v) is 18.7. The third-order valence-electron chi connectivity index (χ3n) is 6.13. The molecule has 0 spiro atoms. The van der Waals surface area contributed by atoms with Crippen LogP contribution in [0.2, 0.25) is 0 Å². The summed E-state index contributed by atoms with van der Waals surface area (Å²) in [4.78, 5) is 16.4. The summed E-state index contributed by atoms with van der Waals surface area (Å²) in [6.45, 7) is 2.91. The maximum atomic E-state index is 15.8. The second-order valence-electron chi connectivity index (χ2n) is 8.17. The largest absolute Gasteiger partial charge is 0.369 e. The number of aromatic nitrogens is 1. The first-order chi connectivity index (χ1) is 15.5. The van der Waals surface area contributed by atoms with Crippen molar-refractivity contribution in [3.63, 3.8) is 0 Å². The number of piperidine rings is 1. The van der Waals surface area contributed by atoms with Gasteiger partial charge in [-0.15, -0.1) is 0 Å². The zero-order valence-electron chi connectivity index (χ0n) is 18.7. The minimum atomic E-state index is -2.02. The van der Waals surface area contributed by atoms with Gasteiger partial charge in [-0.3, -0.25) is 15.1 Å². The van der Waals surface area contributed by atoms with Gasteiger partial charge in [0.05, 0.1) is 7.11 Å². The average molecular weight is 443 g/mol. The average Bonchev–Trinajstić information content (AvgIpc) is 2.83. The van der Waals surface area contributed by atoms with Crippen LogP contribution in [0.4, 0.5) is 15.8 Å². The van der Waals surface area contributed by atoms with Crippen LogP contribution in [0, 0.1) is 0 Å². The van der Waals surface area contributed by atoms with Crippen molar-refractivity contribution in [3.05, 3.63) is 54.9 Å². The second kappa shape index (κ2) is 9.81. The quantitative estimate of drug-likeness (QED) is 0.712. The van der Waals surface area contributed by atoms with Crippen LogP contribution in [0.3, 0.4) is 0 Å². The summed E-state index contributed by atoms with van der Waals surface area (Å²) in [5.41, 5.74) is 2.00. The number of guanidine groups is 1. The summed E-state index contributed by atoms with van der Waals surface area (Å²) in [6, 6.07) is 14.0. The van der Waals surface area contributed by atoms with Crippen molar-refractivity contribution in [1.82, 2.24) is 15.4 Å². The highest BCUT2D eigenvalue weighted by Crippen LogP contribution is 2.30. The molecule has 32 heavy (non-hydrogen) atoms. The number of benzene rings is 1. The molecule has 2 aliphatic rings. The van der Waals surface area contributed by atoms with E-state index in [1.54, 1.807) is 0 Å². The van der Waals surface area contributed by atoms with Crippen molar-refractivity contribution in [1.29, 1.82) is 0 Å². The summed E-state index contributed by atoms with van der Waals surface area (Å²) >= 11 is 0. The number of para-hydroxylation sites is 1. The highest BCUT2D eigenvalue weighted by Gasteiger charge is 2.49. The molecule has 0 aliphatic carbocycles. The van der Waals surface area contributed by atoms with Crippen molar-refractivity contribution >= 4 is 17.3 Å². The van der Waals surface area contributed by atoms with E-state index in [1.165, 1.54) is 19.3 Å². The SMILES string of the molecule is CON1C(Nc2ccccc2)=NCC(F)(OC)C1NC1CCN(c2ccncc2)C(C)C1. The van der Waals surface area contributed by atoms with Crippen LogP contribution < -0.4 is 15.5 Å². The van der Waals surface area contributed by atoms with Gasteiger partial charge in [-0.1, -0.05) is 18.2 Å². The van der Waals surface area contributed by atoms with Gasteiger partial charge in [0.2, 0.25) is 5.96 Å². The first kappa shape index (κ1) is 22.4. The van der Waals surface area contributed by atoms with Gasteiger partial charge < -0.3 is 15.0 Å². The van der Waals surface area contributed by atoms with Gasteiger partial charge in [0.1, 0.15) is 6.54 Å². The van der Waals surface area contributed by atoms with Gasteiger partial charge in [0, 0.05) is 49.5 Å². The number of hydroxylamine groups is 2. The third-order valence-corrected chi connectivity index (χ3v) is 6.13. The summed E-state index contributed by atoms with van der Waals surface area (Å²) in [5.74, 6) is -1.59. The van der Waals surface area contributed by atoms with E-state index >= 15 is 4.39 Å². The molecule has 4 unspecified atom stereocenters. The van der Waals surface area contributed by atoms with Crippen molar-refractivity contribution in [2.24, 2.45) is 4.99 Å². The number of hydrogen-bond donors (Lipinski definition) is 2. The number of nitrogens with zero attached hydrogens (tertiary/aromatic N) is 4. The number of halogens is 1. The Hall–Kier alpha value is -2.75. The summed E-state index contributed by atoms with van der Waals surface area (Å²) in [7, 11) is 2.87. The maximum Gasteiger partial charge on any atom is 0.265 e. The Kier molecular flexibility index (Phi) is 6.88. The Balaban J connectivity index is 1.48. The number of methoxy groups -OCH3 is 1. The summed E-state index contributed by atoms with van der Waals surface area (Å²) < 4.78 is 21.0. The Morgan fingerprint density at radius 2 is 1.88 bits per heavy atom. The minimum absolute atomic E-state index is 0.0899. The minimum Gasteiger partial charge on any atom is -0.369 e. The fourth-order valence-corrected chi connectivity index (χ4v) is 4.41. The molecule has 0 radical (unpaired) electrons. The summed E-state index contributed by atoms with van der Waals surface area (Å²) in [5, 5.41) is 8.11. The number of aliphatic imine (C=N–C) groups is 1. The van der Waals surface area contributed by atoms with E-state index in [-0.39, 0.29) is 18.6 Å². The molecule has 0 bridgehead atoms. The molecule has 4 atom stereocenters. The van der Waals surface area contributed by atoms with Gasteiger partial charge in [0.25, 0.3) is 5.85 Å². The molecule has 4 rings (SSSR count). The van der Waals surface area contributed by atoms with Gasteiger partial charge in [0.15, 0.2) is 6.17 Å². The van der Waals surface area contributed by atoms with Crippen LogP contribution >= 0.6 is 0 Å². The Bertz CT molecular complexity index is 902. The number of pyridine rings is 1. The lowest BCUT2D eigenvalue weighted by atomic mass is 9.96. The first-order valence-corrected chi connectivity index (χ1v) is 10.9. The topological polar surface area (TPSA) is 74.2 Å². The molecule has 1 aromatic carbocycles. The third kappa shape index (κ3) is 4.69. The lowest BCUT2D eigenvalue weighted by Crippen LogP contribution is -2.68. The number of rotatable bonds is 6. The number of hydrogen-bond acceptors (Lipinski definition) is 8. The smallest absolute Gasteiger partial charge is 0.265 e. The lowest BCUT2D eigenvalue weighted by molar-refractivity contribution is -0.236. The monoisotopic (exact) mass is 442 g/mol. The lowest BCUT2D eigenvalue weighted by Gasteiger charge is -2.46. The highest BCUT2D eigenvalue weighted by atomic mass is 19.2. The van der Waals surface area contributed by atoms with Crippen molar-refractivity contribution in [2.75, 3.05) is 37.5 Å². The van der Waals surface area contributed by atoms with Crippen LogP contribution in [0.25, 0.3) is 0 Å².